The Kier molecular flexibility index (Phi) is 6.51. The molecule has 2 rings (SSSR count). The van der Waals surface area contributed by atoms with Gasteiger partial charge < -0.3 is 10.6 Å². The molecule has 1 aromatic rings. The van der Waals surface area contributed by atoms with Gasteiger partial charge in [0.25, 0.3) is 0 Å². The topological polar surface area (TPSA) is 66.9 Å². The van der Waals surface area contributed by atoms with E-state index in [0.29, 0.717) is 15.5 Å². The van der Waals surface area contributed by atoms with Crippen molar-refractivity contribution in [3.63, 3.8) is 0 Å². The summed E-state index contributed by atoms with van der Waals surface area (Å²) in [6, 6.07) is 0.405. The molecule has 1 fully saturated rings. The van der Waals surface area contributed by atoms with Crippen LogP contribution in [0.1, 0.15) is 39.0 Å². The largest absolute Gasteiger partial charge is 0.405 e. The predicted molar refractivity (Wildman–Crippen MR) is 84.8 cm³/mol. The summed E-state index contributed by atoms with van der Waals surface area (Å²) in [6.07, 6.45) is 1.49. The molecular weight excluding hydrogens is 349 g/mol. The molecular formula is C13H19F3N4OS2. The van der Waals surface area contributed by atoms with Crippen molar-refractivity contribution in [2.75, 3.05) is 11.9 Å². The molecule has 0 saturated heterocycles. The van der Waals surface area contributed by atoms with Gasteiger partial charge in [0.2, 0.25) is 11.0 Å². The Morgan fingerprint density at radius 1 is 1.35 bits per heavy atom. The van der Waals surface area contributed by atoms with Crippen molar-refractivity contribution < 1.29 is 18.0 Å². The first-order chi connectivity index (χ1) is 10.8. The zero-order valence-electron chi connectivity index (χ0n) is 12.7. The highest BCUT2D eigenvalue weighted by molar-refractivity contribution is 8.02. The lowest BCUT2D eigenvalue weighted by molar-refractivity contribution is -0.137. The molecule has 1 unspecified atom stereocenters. The number of halogens is 3. The Balaban J connectivity index is 1.79. The highest BCUT2D eigenvalue weighted by atomic mass is 32.2. The Morgan fingerprint density at radius 2 is 2.04 bits per heavy atom. The van der Waals surface area contributed by atoms with Gasteiger partial charge in [0.05, 0.1) is 5.25 Å². The molecule has 5 nitrogen and oxygen atoms in total. The minimum Gasteiger partial charge on any atom is -0.357 e. The van der Waals surface area contributed by atoms with Crippen LogP contribution < -0.4 is 10.6 Å². The van der Waals surface area contributed by atoms with Gasteiger partial charge in [0.1, 0.15) is 6.54 Å². The number of carbonyl (C=O) groups excluding carboxylic acids is 1. The normalized spacial score (nSPS) is 17.7. The van der Waals surface area contributed by atoms with Crippen LogP contribution in [-0.2, 0) is 4.79 Å². The van der Waals surface area contributed by atoms with Crippen LogP contribution in [0.2, 0.25) is 0 Å². The molecule has 1 aliphatic carbocycles. The summed E-state index contributed by atoms with van der Waals surface area (Å²) >= 11 is 2.43. The van der Waals surface area contributed by atoms with E-state index >= 15 is 0 Å². The second kappa shape index (κ2) is 8.18. The van der Waals surface area contributed by atoms with Crippen LogP contribution >= 0.6 is 23.1 Å². The predicted octanol–water partition coefficient (Wildman–Crippen LogP) is 3.44. The minimum atomic E-state index is -4.40. The van der Waals surface area contributed by atoms with Gasteiger partial charge >= 0.3 is 6.18 Å². The third-order valence-corrected chi connectivity index (χ3v) is 5.49. The van der Waals surface area contributed by atoms with Crippen molar-refractivity contribution in [2.45, 2.75) is 60.8 Å². The molecule has 0 spiro atoms. The number of hydrogen-bond donors (Lipinski definition) is 2. The monoisotopic (exact) mass is 368 g/mol. The van der Waals surface area contributed by atoms with Crippen molar-refractivity contribution in [1.29, 1.82) is 0 Å². The van der Waals surface area contributed by atoms with Crippen LogP contribution in [0, 0.1) is 0 Å². The number of nitrogens with one attached hydrogen (secondary N) is 2. The van der Waals surface area contributed by atoms with E-state index in [-0.39, 0.29) is 0 Å². The molecule has 0 aliphatic heterocycles. The van der Waals surface area contributed by atoms with Crippen molar-refractivity contribution in [1.82, 2.24) is 15.5 Å². The first-order valence-corrected chi connectivity index (χ1v) is 9.14. The molecule has 1 atom stereocenters. The fourth-order valence-electron chi connectivity index (χ4n) is 2.27. The van der Waals surface area contributed by atoms with Crippen LogP contribution in [0.4, 0.5) is 18.3 Å². The van der Waals surface area contributed by atoms with E-state index in [2.05, 4.69) is 15.5 Å². The average Bonchev–Trinajstić information content (AvgIpc) is 2.92. The molecule has 23 heavy (non-hydrogen) atoms. The number of carbonyl (C=O) groups is 1. The number of rotatable bonds is 6. The van der Waals surface area contributed by atoms with Gasteiger partial charge in [-0.1, -0.05) is 42.4 Å². The van der Waals surface area contributed by atoms with Crippen LogP contribution in [0.15, 0.2) is 4.34 Å². The van der Waals surface area contributed by atoms with Crippen molar-refractivity contribution >= 4 is 34.1 Å². The molecule has 1 heterocycles. The van der Waals surface area contributed by atoms with Crippen molar-refractivity contribution in [3.05, 3.63) is 0 Å². The standard InChI is InChI=1S/C13H19F3N4OS2/c1-8(10(21)17-7-13(14,15)16)22-12-20-19-11(23-12)18-9-5-3-2-4-6-9/h8-9H,2-7H2,1H3,(H,17,21)(H,18,19). The minimum absolute atomic E-state index is 0.405. The van der Waals surface area contributed by atoms with Crippen molar-refractivity contribution in [3.8, 4) is 0 Å². The van der Waals surface area contributed by atoms with Gasteiger partial charge in [-0.15, -0.1) is 10.2 Å². The van der Waals surface area contributed by atoms with Gasteiger partial charge in [-0.25, -0.2) is 0 Å². The summed E-state index contributed by atoms with van der Waals surface area (Å²) in [5.74, 6) is -0.663. The van der Waals surface area contributed by atoms with E-state index in [9.17, 15) is 18.0 Å². The molecule has 1 saturated carbocycles. The zero-order chi connectivity index (χ0) is 16.9. The van der Waals surface area contributed by atoms with Crippen LogP contribution in [-0.4, -0.2) is 40.1 Å². The number of alkyl halides is 3. The molecule has 10 heteroatoms. The Hall–Kier alpha value is -1.03. The molecule has 2 N–H and O–H groups in total. The second-order valence-electron chi connectivity index (χ2n) is 5.45. The number of aromatic nitrogens is 2. The van der Waals surface area contributed by atoms with E-state index < -0.39 is 23.9 Å². The zero-order valence-corrected chi connectivity index (χ0v) is 14.3. The van der Waals surface area contributed by atoms with E-state index in [4.69, 9.17) is 0 Å². The maximum absolute atomic E-state index is 12.1. The highest BCUT2D eigenvalue weighted by Gasteiger charge is 2.29. The summed E-state index contributed by atoms with van der Waals surface area (Å²) in [5.41, 5.74) is 0. The first kappa shape index (κ1) is 18.3. The van der Waals surface area contributed by atoms with E-state index in [0.717, 1.165) is 24.6 Å². The van der Waals surface area contributed by atoms with Gasteiger partial charge in [-0.3, -0.25) is 4.79 Å². The summed E-state index contributed by atoms with van der Waals surface area (Å²) in [5, 5.41) is 13.3. The lowest BCUT2D eigenvalue weighted by Crippen LogP contribution is -2.37. The number of hydrogen-bond acceptors (Lipinski definition) is 6. The molecule has 1 aromatic heterocycles. The summed E-state index contributed by atoms with van der Waals surface area (Å²) in [7, 11) is 0. The van der Waals surface area contributed by atoms with E-state index in [1.54, 1.807) is 6.92 Å². The lowest BCUT2D eigenvalue weighted by atomic mass is 9.96. The molecule has 0 radical (unpaired) electrons. The maximum atomic E-state index is 12.1. The molecule has 0 bridgehead atoms. The molecule has 0 aromatic carbocycles. The lowest BCUT2D eigenvalue weighted by Gasteiger charge is -2.21. The first-order valence-electron chi connectivity index (χ1n) is 7.44. The number of nitrogens with zero attached hydrogens (tertiary/aromatic N) is 2. The van der Waals surface area contributed by atoms with Gasteiger partial charge in [-0.05, 0) is 19.8 Å². The smallest absolute Gasteiger partial charge is 0.357 e. The Morgan fingerprint density at radius 3 is 2.70 bits per heavy atom. The average molecular weight is 368 g/mol. The fraction of sp³-hybridized carbons (Fsp3) is 0.769. The van der Waals surface area contributed by atoms with E-state index in [1.165, 1.54) is 30.6 Å². The second-order valence-corrected chi connectivity index (χ2v) is 8.01. The fourth-order valence-corrected chi connectivity index (χ4v) is 4.27. The van der Waals surface area contributed by atoms with Crippen LogP contribution in [0.25, 0.3) is 0 Å². The number of amides is 1. The molecule has 1 aliphatic rings. The summed E-state index contributed by atoms with van der Waals surface area (Å²) in [4.78, 5) is 11.6. The third-order valence-electron chi connectivity index (χ3n) is 3.45. The summed E-state index contributed by atoms with van der Waals surface area (Å²) in [6.45, 7) is 0.230. The van der Waals surface area contributed by atoms with Crippen molar-refractivity contribution in [2.24, 2.45) is 0 Å². The van der Waals surface area contributed by atoms with Crippen LogP contribution in [0.5, 0.6) is 0 Å². The third kappa shape index (κ3) is 6.54. The maximum Gasteiger partial charge on any atom is 0.405 e. The quantitative estimate of drug-likeness (QED) is 0.753. The van der Waals surface area contributed by atoms with Gasteiger partial charge in [0, 0.05) is 6.04 Å². The van der Waals surface area contributed by atoms with Gasteiger partial charge in [-0.2, -0.15) is 13.2 Å². The Bertz CT molecular complexity index is 518. The van der Waals surface area contributed by atoms with Crippen LogP contribution in [0.3, 0.4) is 0 Å². The molecule has 130 valence electrons. The highest BCUT2D eigenvalue weighted by Crippen LogP contribution is 2.30. The molecule has 1 amide bonds. The SMILES string of the molecule is CC(Sc1nnc(NC2CCCCC2)s1)C(=O)NCC(F)(F)F. The number of thioether (sulfide) groups is 1. The van der Waals surface area contributed by atoms with E-state index in [1.807, 2.05) is 5.32 Å². The number of anilines is 1. The van der Waals surface area contributed by atoms with Gasteiger partial charge in [0.15, 0.2) is 4.34 Å². The summed E-state index contributed by atoms with van der Waals surface area (Å²) < 4.78 is 36.8. The Labute approximate surface area is 140 Å².